The summed E-state index contributed by atoms with van der Waals surface area (Å²) in [5, 5.41) is 26.5. The molecule has 8 atom stereocenters. The van der Waals surface area contributed by atoms with E-state index >= 15 is 0 Å². The number of amides is 4. The Balaban J connectivity index is 0.000000186. The van der Waals surface area contributed by atoms with Crippen LogP contribution in [0.5, 0.6) is 0 Å². The van der Waals surface area contributed by atoms with Crippen molar-refractivity contribution < 1.29 is 29.4 Å². The van der Waals surface area contributed by atoms with Crippen LogP contribution >= 0.6 is 0 Å². The first-order valence-corrected chi connectivity index (χ1v) is 23.2. The van der Waals surface area contributed by atoms with E-state index in [4.69, 9.17) is 0 Å². The number of allylic oxidation sites excluding steroid dienone is 2. The molecular formula is C48H66N6O8. The van der Waals surface area contributed by atoms with Gasteiger partial charge in [-0.1, -0.05) is 63.8 Å². The normalized spacial score (nSPS) is 27.6. The van der Waals surface area contributed by atoms with Gasteiger partial charge in [0.25, 0.3) is 11.1 Å². The Bertz CT molecular complexity index is 2010. The average molecular weight is 855 g/mol. The van der Waals surface area contributed by atoms with Crippen LogP contribution < -0.4 is 21.8 Å². The Morgan fingerprint density at radius 3 is 1.32 bits per heavy atom. The van der Waals surface area contributed by atoms with Gasteiger partial charge in [-0.05, 0) is 76.6 Å². The van der Waals surface area contributed by atoms with Crippen molar-refractivity contribution in [2.45, 2.75) is 129 Å². The van der Waals surface area contributed by atoms with Gasteiger partial charge in [0.05, 0.1) is 36.0 Å². The smallest absolute Gasteiger partial charge is 0.258 e. The molecule has 4 fully saturated rings. The van der Waals surface area contributed by atoms with Crippen LogP contribution in [0.1, 0.15) is 127 Å². The Labute approximate surface area is 364 Å². The first-order chi connectivity index (χ1) is 30.1. The molecule has 0 spiro atoms. The molecule has 0 unspecified atom stereocenters. The molecule has 8 rings (SSSR count). The van der Waals surface area contributed by atoms with Crippen molar-refractivity contribution in [3.63, 3.8) is 0 Å². The fraction of sp³-hybridized carbons (Fsp3) is 0.625. The monoisotopic (exact) mass is 854 g/mol. The Morgan fingerprint density at radius 1 is 0.629 bits per heavy atom. The van der Waals surface area contributed by atoms with Crippen molar-refractivity contribution in [1.29, 1.82) is 0 Å². The second-order valence-corrected chi connectivity index (χ2v) is 18.1. The summed E-state index contributed by atoms with van der Waals surface area (Å²) in [4.78, 5) is 83.6. The number of aliphatic hydroxyl groups is 2. The summed E-state index contributed by atoms with van der Waals surface area (Å²) in [6.07, 6.45) is 16.5. The lowest BCUT2D eigenvalue weighted by molar-refractivity contribution is -0.142. The molecular weight excluding hydrogens is 789 g/mol. The van der Waals surface area contributed by atoms with Crippen LogP contribution in [0.2, 0.25) is 0 Å². The van der Waals surface area contributed by atoms with E-state index in [1.54, 1.807) is 33.4 Å². The molecule has 4 bridgehead atoms. The summed E-state index contributed by atoms with van der Waals surface area (Å²) >= 11 is 0. The van der Waals surface area contributed by atoms with Gasteiger partial charge in [-0.15, -0.1) is 0 Å². The maximum absolute atomic E-state index is 13.6. The summed E-state index contributed by atoms with van der Waals surface area (Å²) in [5.74, 6) is -2.09. The van der Waals surface area contributed by atoms with Crippen molar-refractivity contribution in [1.82, 2.24) is 29.6 Å². The fourth-order valence-electron chi connectivity index (χ4n) is 11.6. The predicted molar refractivity (Wildman–Crippen MR) is 236 cm³/mol. The topological polar surface area (TPSA) is 183 Å². The zero-order valence-corrected chi connectivity index (χ0v) is 36.8. The van der Waals surface area contributed by atoms with Gasteiger partial charge >= 0.3 is 0 Å². The van der Waals surface area contributed by atoms with E-state index in [9.17, 15) is 39.0 Å². The van der Waals surface area contributed by atoms with Gasteiger partial charge in [-0.25, -0.2) is 0 Å². The van der Waals surface area contributed by atoms with Crippen LogP contribution in [-0.2, 0) is 32.3 Å². The molecule has 0 radical (unpaired) electrons. The molecule has 336 valence electrons. The van der Waals surface area contributed by atoms with Crippen LogP contribution in [0, 0.1) is 35.5 Å². The zero-order chi connectivity index (χ0) is 44.2. The standard InChI is InChI=1S/2C24H33N3O4/c2*1-3-7-15-10-11-18-21-20(22(29)25-12-4-2)17(14-28)19(13-26(18)23(15)30)27(21)24(31)16-8-5-6-9-16/h2*3,7,10-11,16-17,19-21,28H,4-6,8-9,12-14H2,1-2H3,(H,25,29)/b7-3+;7-3-/t2*17-,19-,20+,21+/m11/s1. The number of nitrogens with one attached hydrogen (secondary N) is 2. The average Bonchev–Trinajstić information content (AvgIpc) is 4.10. The molecule has 2 aliphatic carbocycles. The van der Waals surface area contributed by atoms with Gasteiger partial charge in [-0.2, -0.15) is 0 Å². The van der Waals surface area contributed by atoms with Crippen LogP contribution in [0.3, 0.4) is 0 Å². The van der Waals surface area contributed by atoms with Crippen molar-refractivity contribution in [3.8, 4) is 0 Å². The van der Waals surface area contributed by atoms with E-state index in [-0.39, 0.29) is 71.9 Å². The maximum Gasteiger partial charge on any atom is 0.258 e. The summed E-state index contributed by atoms with van der Waals surface area (Å²) < 4.78 is 3.44. The van der Waals surface area contributed by atoms with E-state index in [2.05, 4.69) is 10.6 Å². The largest absolute Gasteiger partial charge is 0.396 e. The minimum atomic E-state index is -0.562. The third kappa shape index (κ3) is 8.13. The van der Waals surface area contributed by atoms with Crippen LogP contribution in [0.15, 0.2) is 46.0 Å². The molecule has 4 N–H and O–H groups in total. The van der Waals surface area contributed by atoms with Gasteiger partial charge in [0.15, 0.2) is 0 Å². The Hall–Kier alpha value is -4.82. The summed E-state index contributed by atoms with van der Waals surface area (Å²) in [5.41, 5.74) is 2.37. The second-order valence-electron chi connectivity index (χ2n) is 18.1. The van der Waals surface area contributed by atoms with Crippen molar-refractivity contribution >= 4 is 35.8 Å². The number of rotatable bonds is 12. The lowest BCUT2D eigenvalue weighted by Crippen LogP contribution is -2.50. The summed E-state index contributed by atoms with van der Waals surface area (Å²) in [6.45, 7) is 9.07. The summed E-state index contributed by atoms with van der Waals surface area (Å²) in [7, 11) is 0. The summed E-state index contributed by atoms with van der Waals surface area (Å²) in [6, 6.07) is 5.57. The van der Waals surface area contributed by atoms with Crippen LogP contribution in [-0.4, -0.2) is 91.2 Å². The highest BCUT2D eigenvalue weighted by Crippen LogP contribution is 2.51. The lowest BCUT2D eigenvalue weighted by atomic mass is 9.86. The van der Waals surface area contributed by atoms with Gasteiger partial charge in [-0.3, -0.25) is 28.8 Å². The van der Waals surface area contributed by atoms with E-state index in [0.29, 0.717) is 48.7 Å². The van der Waals surface area contributed by atoms with Gasteiger partial charge in [0.1, 0.15) is 0 Å². The molecule has 4 amide bonds. The van der Waals surface area contributed by atoms with Gasteiger partial charge in [0, 0.05) is 85.6 Å². The van der Waals surface area contributed by atoms with Crippen LogP contribution in [0.25, 0.3) is 12.2 Å². The number of nitrogens with zero attached hydrogens (tertiary/aromatic N) is 4. The molecule has 6 heterocycles. The van der Waals surface area contributed by atoms with E-state index < -0.39 is 35.8 Å². The molecule has 14 nitrogen and oxygen atoms in total. The molecule has 0 aromatic carbocycles. The molecule has 2 aromatic heterocycles. The molecule has 4 aliphatic heterocycles. The van der Waals surface area contributed by atoms with Crippen molar-refractivity contribution in [3.05, 3.63) is 79.6 Å². The van der Waals surface area contributed by atoms with Gasteiger partial charge < -0.3 is 39.8 Å². The fourth-order valence-corrected chi connectivity index (χ4v) is 11.6. The second kappa shape index (κ2) is 19.7. The third-order valence-electron chi connectivity index (χ3n) is 14.5. The Morgan fingerprint density at radius 2 is 1.00 bits per heavy atom. The van der Waals surface area contributed by atoms with E-state index in [0.717, 1.165) is 64.2 Å². The Kier molecular flexibility index (Phi) is 14.4. The highest BCUT2D eigenvalue weighted by Gasteiger charge is 2.59. The molecule has 6 aliphatic rings. The maximum atomic E-state index is 13.6. The van der Waals surface area contributed by atoms with E-state index in [1.165, 1.54) is 0 Å². The number of aromatic nitrogens is 2. The molecule has 62 heavy (non-hydrogen) atoms. The number of pyridine rings is 2. The third-order valence-corrected chi connectivity index (χ3v) is 14.5. The number of carbonyl (C=O) groups excluding carboxylic acids is 4. The number of hydrogen-bond acceptors (Lipinski definition) is 8. The van der Waals surface area contributed by atoms with Crippen molar-refractivity contribution in [2.24, 2.45) is 35.5 Å². The predicted octanol–water partition coefficient (Wildman–Crippen LogP) is 4.18. The number of fused-ring (bicyclic) bond motifs is 8. The molecule has 2 saturated carbocycles. The van der Waals surface area contributed by atoms with Gasteiger partial charge in [0.2, 0.25) is 23.6 Å². The SMILES string of the molecule is C/C=C/c1ccc2n(c1=O)C[C@@H]1[C@@H](CO)[C@H](C(=O)NCCC)[C@H]2N1C(=O)C1CCCC1.C/C=C\c1ccc2n(c1=O)C[C@@H]1[C@@H](CO)[C@H](C(=O)NCCC)[C@H]2N1C(=O)C1CCCC1. The highest BCUT2D eigenvalue weighted by molar-refractivity contribution is 5.86. The molecule has 14 heteroatoms. The first kappa shape index (κ1) is 45.2. The van der Waals surface area contributed by atoms with Crippen molar-refractivity contribution in [2.75, 3.05) is 26.3 Å². The highest BCUT2D eigenvalue weighted by atomic mass is 16.3. The zero-order valence-electron chi connectivity index (χ0n) is 36.8. The molecule has 2 aromatic rings. The lowest BCUT2D eigenvalue weighted by Gasteiger charge is -2.39. The number of carbonyl (C=O) groups is 4. The minimum absolute atomic E-state index is 0.0256. The first-order valence-electron chi connectivity index (χ1n) is 23.2. The molecule has 2 saturated heterocycles. The quantitative estimate of drug-likeness (QED) is 0.245. The minimum Gasteiger partial charge on any atom is -0.396 e. The van der Waals surface area contributed by atoms with E-state index in [1.807, 2.05) is 61.8 Å². The number of aliphatic hydroxyl groups excluding tert-OH is 2. The number of hydrogen-bond donors (Lipinski definition) is 4. The van der Waals surface area contributed by atoms with Crippen LogP contribution in [0.4, 0.5) is 0 Å².